The lowest BCUT2D eigenvalue weighted by molar-refractivity contribution is -0.137. The van der Waals surface area contributed by atoms with E-state index in [1.165, 1.54) is 12.1 Å². The summed E-state index contributed by atoms with van der Waals surface area (Å²) in [6.07, 6.45) is 3.68. The Labute approximate surface area is 158 Å². The quantitative estimate of drug-likeness (QED) is 0.658. The Hall–Kier alpha value is -3.35. The third kappa shape index (κ3) is 2.79. The molecule has 7 heteroatoms. The predicted molar refractivity (Wildman–Crippen MR) is 102 cm³/mol. The Morgan fingerprint density at radius 3 is 2.50 bits per heavy atom. The number of halogens is 3. The average molecular weight is 380 g/mol. The van der Waals surface area contributed by atoms with Crippen LogP contribution in [0.3, 0.4) is 0 Å². The molecule has 0 fully saturated rings. The molecule has 0 saturated carbocycles. The van der Waals surface area contributed by atoms with E-state index in [1.807, 2.05) is 36.4 Å². The van der Waals surface area contributed by atoms with Crippen LogP contribution < -0.4 is 5.43 Å². The lowest BCUT2D eigenvalue weighted by Crippen LogP contribution is -2.21. The van der Waals surface area contributed by atoms with Crippen molar-refractivity contribution in [3.63, 3.8) is 0 Å². The van der Waals surface area contributed by atoms with E-state index in [2.05, 4.69) is 26.6 Å². The topological polar surface area (TPSA) is 53.1 Å². The van der Waals surface area contributed by atoms with E-state index in [9.17, 15) is 13.2 Å². The number of hydrogen-bond donors (Lipinski definition) is 2. The van der Waals surface area contributed by atoms with Crippen molar-refractivity contribution in [1.29, 1.82) is 0 Å². The normalized spacial score (nSPS) is 20.9. The van der Waals surface area contributed by atoms with Crippen LogP contribution in [0, 0.1) is 5.92 Å². The summed E-state index contributed by atoms with van der Waals surface area (Å²) in [5.74, 6) is 0.906. The predicted octanol–water partition coefficient (Wildman–Crippen LogP) is 4.99. The molecule has 2 N–H and O–H groups in total. The van der Waals surface area contributed by atoms with E-state index in [0.717, 1.165) is 45.8 Å². The van der Waals surface area contributed by atoms with Crippen molar-refractivity contribution in [2.75, 3.05) is 0 Å². The van der Waals surface area contributed by atoms with E-state index in [1.54, 1.807) is 0 Å². The first-order chi connectivity index (χ1) is 13.5. The van der Waals surface area contributed by atoms with Crippen molar-refractivity contribution in [2.24, 2.45) is 11.0 Å². The molecule has 1 aliphatic carbocycles. The van der Waals surface area contributed by atoms with Crippen LogP contribution >= 0.6 is 0 Å². The first kappa shape index (κ1) is 16.8. The minimum absolute atomic E-state index is 0.0712. The number of imidazole rings is 1. The van der Waals surface area contributed by atoms with E-state index in [-0.39, 0.29) is 12.0 Å². The second-order valence-electron chi connectivity index (χ2n) is 6.84. The number of fused-ring (bicyclic) bond motifs is 2. The van der Waals surface area contributed by atoms with Crippen LogP contribution in [0.2, 0.25) is 0 Å². The molecule has 3 aromatic rings. The minimum Gasteiger partial charge on any atom is -0.340 e. The number of hydrazone groups is 1. The molecule has 2 atom stereocenters. The van der Waals surface area contributed by atoms with Gasteiger partial charge in [-0.05, 0) is 41.5 Å². The molecular weight excluding hydrogens is 365 g/mol. The minimum atomic E-state index is -4.33. The molecule has 4 nitrogen and oxygen atoms in total. The van der Waals surface area contributed by atoms with Crippen LogP contribution in [0.1, 0.15) is 17.4 Å². The summed E-state index contributed by atoms with van der Waals surface area (Å²) in [7, 11) is 0. The van der Waals surface area contributed by atoms with Gasteiger partial charge in [-0.1, -0.05) is 36.4 Å². The first-order valence-corrected chi connectivity index (χ1v) is 8.84. The third-order valence-electron chi connectivity index (χ3n) is 5.07. The highest BCUT2D eigenvalue weighted by molar-refractivity contribution is 6.00. The van der Waals surface area contributed by atoms with Gasteiger partial charge < -0.3 is 4.98 Å². The molecule has 2 aliphatic rings. The molecule has 5 rings (SSSR count). The monoisotopic (exact) mass is 380 g/mol. The van der Waals surface area contributed by atoms with Crippen molar-refractivity contribution >= 4 is 16.7 Å². The molecule has 2 heterocycles. The van der Waals surface area contributed by atoms with Gasteiger partial charge in [-0.3, -0.25) is 5.43 Å². The Bertz CT molecular complexity index is 1140. The fraction of sp³-hybridized carbons (Fsp3) is 0.143. The van der Waals surface area contributed by atoms with Gasteiger partial charge in [-0.25, -0.2) is 4.98 Å². The molecule has 28 heavy (non-hydrogen) atoms. The highest BCUT2D eigenvalue weighted by Gasteiger charge is 2.33. The number of H-pyrrole nitrogens is 1. The van der Waals surface area contributed by atoms with E-state index in [4.69, 9.17) is 0 Å². The zero-order valence-corrected chi connectivity index (χ0v) is 14.5. The number of allylic oxidation sites excluding steroid dienone is 3. The second kappa shape index (κ2) is 6.09. The van der Waals surface area contributed by atoms with Crippen LogP contribution in [-0.2, 0) is 6.18 Å². The summed E-state index contributed by atoms with van der Waals surface area (Å²) in [5, 5.41) is 4.36. The molecule has 1 aromatic heterocycles. The summed E-state index contributed by atoms with van der Waals surface area (Å²) in [5.41, 5.74) is 6.62. The molecule has 0 radical (unpaired) electrons. The molecule has 0 spiro atoms. The van der Waals surface area contributed by atoms with Gasteiger partial charge in [0, 0.05) is 0 Å². The Kier molecular flexibility index (Phi) is 3.65. The van der Waals surface area contributed by atoms with Crippen LogP contribution in [0.15, 0.2) is 71.9 Å². The maximum absolute atomic E-state index is 12.8. The van der Waals surface area contributed by atoms with Crippen LogP contribution in [-0.4, -0.2) is 15.7 Å². The summed E-state index contributed by atoms with van der Waals surface area (Å²) in [6.45, 7) is 0. The van der Waals surface area contributed by atoms with Gasteiger partial charge in [-0.15, -0.1) is 0 Å². The van der Waals surface area contributed by atoms with Gasteiger partial charge in [-0.2, -0.15) is 18.3 Å². The largest absolute Gasteiger partial charge is 0.416 e. The molecular formula is C21H15F3N4. The maximum Gasteiger partial charge on any atom is 0.416 e. The second-order valence-corrected chi connectivity index (χ2v) is 6.84. The number of alkyl halides is 3. The first-order valence-electron chi connectivity index (χ1n) is 8.84. The lowest BCUT2D eigenvalue weighted by atomic mass is 9.92. The number of rotatable bonds is 2. The Morgan fingerprint density at radius 1 is 0.929 bits per heavy atom. The summed E-state index contributed by atoms with van der Waals surface area (Å²) in [6, 6.07) is 10.7. The number of benzene rings is 2. The highest BCUT2D eigenvalue weighted by atomic mass is 19.4. The summed E-state index contributed by atoms with van der Waals surface area (Å²) in [4.78, 5) is 8.00. The standard InChI is InChI=1S/C21H15F3N4/c22-21(23,24)14-8-5-12(6-9-14)13-7-10-17-18(11-13)26-20(25-17)19-15-3-1-2-4-16(15)27-28-19/h1-11,15,19,28H,(H,25,26). The van der Waals surface area contributed by atoms with E-state index < -0.39 is 11.7 Å². The van der Waals surface area contributed by atoms with E-state index >= 15 is 0 Å². The number of aromatic amines is 1. The Morgan fingerprint density at radius 2 is 1.71 bits per heavy atom. The van der Waals surface area contributed by atoms with Crippen LogP contribution in [0.5, 0.6) is 0 Å². The Balaban J connectivity index is 1.46. The zero-order valence-electron chi connectivity index (χ0n) is 14.5. The van der Waals surface area contributed by atoms with Crippen molar-refractivity contribution < 1.29 is 13.2 Å². The molecule has 2 aromatic carbocycles. The number of nitrogens with zero attached hydrogens (tertiary/aromatic N) is 2. The number of nitrogens with one attached hydrogen (secondary N) is 2. The summed E-state index contributed by atoms with van der Waals surface area (Å²) >= 11 is 0. The fourth-order valence-electron chi connectivity index (χ4n) is 3.60. The molecule has 0 bridgehead atoms. The summed E-state index contributed by atoms with van der Waals surface area (Å²) < 4.78 is 38.3. The number of aromatic nitrogens is 2. The zero-order chi connectivity index (χ0) is 19.3. The van der Waals surface area contributed by atoms with Gasteiger partial charge in [0.2, 0.25) is 0 Å². The van der Waals surface area contributed by atoms with Crippen molar-refractivity contribution in [3.8, 4) is 11.1 Å². The average Bonchev–Trinajstić information content (AvgIpc) is 3.30. The third-order valence-corrected chi connectivity index (χ3v) is 5.07. The van der Waals surface area contributed by atoms with Gasteiger partial charge >= 0.3 is 6.18 Å². The number of hydrogen-bond acceptors (Lipinski definition) is 3. The van der Waals surface area contributed by atoms with Crippen molar-refractivity contribution in [2.45, 2.75) is 12.2 Å². The van der Waals surface area contributed by atoms with E-state index in [0.29, 0.717) is 0 Å². The maximum atomic E-state index is 12.8. The molecule has 0 saturated heterocycles. The fourth-order valence-corrected chi connectivity index (χ4v) is 3.60. The molecule has 0 amide bonds. The highest BCUT2D eigenvalue weighted by Crippen LogP contribution is 2.33. The van der Waals surface area contributed by atoms with Gasteiger partial charge in [0.1, 0.15) is 11.9 Å². The van der Waals surface area contributed by atoms with Gasteiger partial charge in [0.15, 0.2) is 0 Å². The lowest BCUT2D eigenvalue weighted by Gasteiger charge is -2.15. The smallest absolute Gasteiger partial charge is 0.340 e. The van der Waals surface area contributed by atoms with Gasteiger partial charge in [0.25, 0.3) is 0 Å². The SMILES string of the molecule is FC(F)(F)c1ccc(-c2ccc3nc(C4NN=C5C=CC=CC54)[nH]c3c2)cc1. The van der Waals surface area contributed by atoms with Crippen molar-refractivity contribution in [1.82, 2.24) is 15.4 Å². The van der Waals surface area contributed by atoms with Crippen LogP contribution in [0.25, 0.3) is 22.2 Å². The van der Waals surface area contributed by atoms with Gasteiger partial charge in [0.05, 0.1) is 28.2 Å². The molecule has 1 aliphatic heterocycles. The van der Waals surface area contributed by atoms with Crippen LogP contribution in [0.4, 0.5) is 13.2 Å². The van der Waals surface area contributed by atoms with Crippen molar-refractivity contribution in [3.05, 3.63) is 78.2 Å². The molecule has 2 unspecified atom stereocenters. The molecule has 140 valence electrons.